The number of allylic oxidation sites excluding steroid dienone is 2. The van der Waals surface area contributed by atoms with E-state index < -0.39 is 0 Å². The van der Waals surface area contributed by atoms with Crippen LogP contribution >= 0.6 is 0 Å². The third-order valence-corrected chi connectivity index (χ3v) is 13.2. The van der Waals surface area contributed by atoms with Gasteiger partial charge in [0, 0.05) is 17.4 Å². The summed E-state index contributed by atoms with van der Waals surface area (Å²) in [5.41, 5.74) is 2.34. The smallest absolute Gasteiger partial charge is 0.0618 e. The minimum absolute atomic E-state index is 0.0897. The van der Waals surface area contributed by atoms with Crippen molar-refractivity contribution < 1.29 is 15.3 Å². The Kier molecular flexibility index (Phi) is 5.40. The third kappa shape index (κ3) is 2.97. The van der Waals surface area contributed by atoms with Gasteiger partial charge in [0.2, 0.25) is 0 Å². The second kappa shape index (κ2) is 7.32. The Hall–Kier alpha value is -0.380. The second-order valence-corrected chi connectivity index (χ2v) is 15.0. The van der Waals surface area contributed by atoms with Crippen molar-refractivity contribution in [1.82, 2.24) is 0 Å². The van der Waals surface area contributed by atoms with Crippen LogP contribution in [0, 0.1) is 50.2 Å². The lowest BCUT2D eigenvalue weighted by Gasteiger charge is -2.71. The zero-order valence-electron chi connectivity index (χ0n) is 22.2. The highest BCUT2D eigenvalue weighted by Crippen LogP contribution is 2.75. The van der Waals surface area contributed by atoms with E-state index in [4.69, 9.17) is 0 Å². The van der Waals surface area contributed by atoms with E-state index in [2.05, 4.69) is 47.6 Å². The number of rotatable bonds is 2. The van der Waals surface area contributed by atoms with Crippen LogP contribution in [0.15, 0.2) is 11.6 Å². The molecule has 0 aromatic carbocycles. The van der Waals surface area contributed by atoms with Crippen molar-refractivity contribution in [2.75, 3.05) is 13.2 Å². The molecule has 0 saturated heterocycles. The number of fused-ring (bicyclic) bond motifs is 7. The van der Waals surface area contributed by atoms with Crippen LogP contribution < -0.4 is 0 Å². The van der Waals surface area contributed by atoms with Gasteiger partial charge >= 0.3 is 0 Å². The molecule has 0 aromatic rings. The van der Waals surface area contributed by atoms with Gasteiger partial charge in [0.25, 0.3) is 0 Å². The van der Waals surface area contributed by atoms with E-state index in [0.717, 1.165) is 32.1 Å². The largest absolute Gasteiger partial charge is 0.396 e. The summed E-state index contributed by atoms with van der Waals surface area (Å²) < 4.78 is 0. The molecule has 0 amide bonds. The Bertz CT molecular complexity index is 832. The van der Waals surface area contributed by atoms with Gasteiger partial charge in [-0.2, -0.15) is 0 Å². The maximum atomic E-state index is 10.9. The van der Waals surface area contributed by atoms with Gasteiger partial charge in [0.05, 0.1) is 12.7 Å². The van der Waals surface area contributed by atoms with E-state index in [1.165, 1.54) is 32.1 Å². The Morgan fingerprint density at radius 2 is 1.52 bits per heavy atom. The molecule has 5 aliphatic rings. The quantitative estimate of drug-likeness (QED) is 0.437. The summed E-state index contributed by atoms with van der Waals surface area (Å²) in [6.07, 6.45) is 13.6. The van der Waals surface area contributed by atoms with E-state index >= 15 is 0 Å². The average molecular weight is 459 g/mol. The first kappa shape index (κ1) is 24.3. The predicted octanol–water partition coefficient (Wildman–Crippen LogP) is 6.11. The maximum absolute atomic E-state index is 10.9. The van der Waals surface area contributed by atoms with Gasteiger partial charge in [0.1, 0.15) is 0 Å². The molecule has 5 aliphatic carbocycles. The van der Waals surface area contributed by atoms with Gasteiger partial charge in [0.15, 0.2) is 0 Å². The predicted molar refractivity (Wildman–Crippen MR) is 134 cm³/mol. The zero-order chi connectivity index (χ0) is 24.1. The summed E-state index contributed by atoms with van der Waals surface area (Å²) in [7, 11) is 0. The average Bonchev–Trinajstić information content (AvgIpc) is 2.77. The summed E-state index contributed by atoms with van der Waals surface area (Å²) in [4.78, 5) is 0. The summed E-state index contributed by atoms with van der Waals surface area (Å²) in [6, 6.07) is 0. The Balaban J connectivity index is 1.58. The topological polar surface area (TPSA) is 60.7 Å². The van der Waals surface area contributed by atoms with Crippen LogP contribution in [0.1, 0.15) is 106 Å². The number of hydrogen-bond donors (Lipinski definition) is 3. The molecule has 5 rings (SSSR count). The van der Waals surface area contributed by atoms with Gasteiger partial charge in [-0.15, -0.1) is 0 Å². The fourth-order valence-electron chi connectivity index (χ4n) is 10.7. The molecule has 4 fully saturated rings. The van der Waals surface area contributed by atoms with Crippen LogP contribution in [0.2, 0.25) is 0 Å². The van der Waals surface area contributed by atoms with Gasteiger partial charge < -0.3 is 15.3 Å². The van der Waals surface area contributed by atoms with Crippen molar-refractivity contribution in [1.29, 1.82) is 0 Å². The third-order valence-electron chi connectivity index (χ3n) is 13.2. The SMILES string of the molecule is CC1(C)CC[C@]2(CO)CC[C@]3(C)C(=CC[C@@H]4[C@@]5(C)CC[C@H](O)C(C)(CO)[C@@H]5CC[C@]43C)[C@@H]2C1. The van der Waals surface area contributed by atoms with Crippen molar-refractivity contribution >= 4 is 0 Å². The highest BCUT2D eigenvalue weighted by molar-refractivity contribution is 5.33. The summed E-state index contributed by atoms with van der Waals surface area (Å²) in [5, 5.41) is 32.0. The van der Waals surface area contributed by atoms with Gasteiger partial charge in [-0.25, -0.2) is 0 Å². The Labute approximate surface area is 202 Å². The van der Waals surface area contributed by atoms with Crippen molar-refractivity contribution in [3.8, 4) is 0 Å². The fourth-order valence-corrected chi connectivity index (χ4v) is 10.7. The molecule has 0 bridgehead atoms. The highest BCUT2D eigenvalue weighted by Gasteiger charge is 2.68. The van der Waals surface area contributed by atoms with Crippen LogP contribution in [0.3, 0.4) is 0 Å². The molecule has 3 heteroatoms. The molecule has 0 radical (unpaired) electrons. The molecule has 3 N–H and O–H groups in total. The van der Waals surface area contributed by atoms with Crippen molar-refractivity contribution in [3.05, 3.63) is 11.6 Å². The van der Waals surface area contributed by atoms with Crippen molar-refractivity contribution in [3.63, 3.8) is 0 Å². The normalized spacial score (nSPS) is 55.5. The maximum Gasteiger partial charge on any atom is 0.0618 e. The Morgan fingerprint density at radius 3 is 2.18 bits per heavy atom. The van der Waals surface area contributed by atoms with Crippen LogP contribution in [0.5, 0.6) is 0 Å². The molecule has 4 saturated carbocycles. The van der Waals surface area contributed by atoms with Crippen molar-refractivity contribution in [2.24, 2.45) is 50.2 Å². The van der Waals surface area contributed by atoms with Gasteiger partial charge in [-0.05, 0) is 104 Å². The fraction of sp³-hybridized carbons (Fsp3) is 0.933. The van der Waals surface area contributed by atoms with E-state index in [9.17, 15) is 15.3 Å². The van der Waals surface area contributed by atoms with E-state index in [1.807, 2.05) is 0 Å². The summed E-state index contributed by atoms with van der Waals surface area (Å²) >= 11 is 0. The van der Waals surface area contributed by atoms with Gasteiger partial charge in [-0.3, -0.25) is 0 Å². The zero-order valence-corrected chi connectivity index (χ0v) is 22.2. The molecule has 0 heterocycles. The monoisotopic (exact) mass is 458 g/mol. The first-order valence-corrected chi connectivity index (χ1v) is 13.9. The molecule has 0 aromatic heterocycles. The lowest BCUT2D eigenvalue weighted by molar-refractivity contribution is -0.216. The van der Waals surface area contributed by atoms with Crippen LogP contribution in [0.25, 0.3) is 0 Å². The van der Waals surface area contributed by atoms with Crippen LogP contribution in [0.4, 0.5) is 0 Å². The van der Waals surface area contributed by atoms with E-state index in [1.54, 1.807) is 5.57 Å². The molecular formula is C30H50O3. The molecule has 1 unspecified atom stereocenters. The lowest BCUT2D eigenvalue weighted by Crippen LogP contribution is -2.65. The van der Waals surface area contributed by atoms with Crippen molar-refractivity contribution in [2.45, 2.75) is 112 Å². The summed E-state index contributed by atoms with van der Waals surface area (Å²) in [5.74, 6) is 1.49. The second-order valence-electron chi connectivity index (χ2n) is 15.0. The van der Waals surface area contributed by atoms with E-state index in [0.29, 0.717) is 29.8 Å². The molecule has 3 nitrogen and oxygen atoms in total. The first-order valence-electron chi connectivity index (χ1n) is 13.9. The van der Waals surface area contributed by atoms with E-state index in [-0.39, 0.29) is 39.8 Å². The molecule has 0 aliphatic heterocycles. The van der Waals surface area contributed by atoms with Crippen LogP contribution in [-0.2, 0) is 0 Å². The lowest BCUT2D eigenvalue weighted by atomic mass is 9.33. The molecule has 0 spiro atoms. The molecular weight excluding hydrogens is 408 g/mol. The summed E-state index contributed by atoms with van der Waals surface area (Å²) in [6.45, 7) is 15.1. The number of aliphatic hydroxyl groups excluding tert-OH is 3. The van der Waals surface area contributed by atoms with Crippen LogP contribution in [-0.4, -0.2) is 34.6 Å². The number of hydrogen-bond acceptors (Lipinski definition) is 3. The molecule has 33 heavy (non-hydrogen) atoms. The molecule has 188 valence electrons. The minimum Gasteiger partial charge on any atom is -0.396 e. The minimum atomic E-state index is -0.389. The number of aliphatic hydroxyl groups is 3. The van der Waals surface area contributed by atoms with Gasteiger partial charge in [-0.1, -0.05) is 53.2 Å². The highest BCUT2D eigenvalue weighted by atomic mass is 16.3. The first-order chi connectivity index (χ1) is 15.3. The Morgan fingerprint density at radius 1 is 0.818 bits per heavy atom. The molecule has 9 atom stereocenters. The standard InChI is InChI=1S/C30H50O3/c1-25(2)13-15-30(19-32)16-14-28(5)20(21(30)17-25)7-8-23-26(3)11-10-24(33)27(4,18-31)22(26)9-12-29(23,28)6/h7,21-24,31-33H,8-19H2,1-6H3/t21-,22+,23+,24-,26-,27?,28+,29+,30+/m0/s1.